The fraction of sp³-hybridized carbons (Fsp3) is 0.647. The number of carbonyl (C=O) groups is 2. The summed E-state index contributed by atoms with van der Waals surface area (Å²) in [6, 6.07) is 0. The second kappa shape index (κ2) is 4.72. The van der Waals surface area contributed by atoms with Gasteiger partial charge in [-0.15, -0.1) is 0 Å². The van der Waals surface area contributed by atoms with E-state index in [1.807, 2.05) is 0 Å². The third kappa shape index (κ3) is 2.12. The van der Waals surface area contributed by atoms with E-state index in [0.29, 0.717) is 5.57 Å². The number of hydrogen-bond donors (Lipinski definition) is 0. The molecule has 1 saturated heterocycles. The van der Waals surface area contributed by atoms with Gasteiger partial charge in [-0.1, -0.05) is 19.1 Å². The van der Waals surface area contributed by atoms with E-state index in [4.69, 9.17) is 9.47 Å². The van der Waals surface area contributed by atoms with Gasteiger partial charge in [0.1, 0.15) is 12.2 Å². The zero-order valence-corrected chi connectivity index (χ0v) is 12.9. The average Bonchev–Trinajstić information content (AvgIpc) is 2.62. The maximum atomic E-state index is 11.9. The van der Waals surface area contributed by atoms with E-state index in [0.717, 1.165) is 25.7 Å². The summed E-state index contributed by atoms with van der Waals surface area (Å²) < 4.78 is 11.1. The molecule has 0 unspecified atom stereocenters. The Labute approximate surface area is 125 Å². The van der Waals surface area contributed by atoms with E-state index in [1.165, 1.54) is 18.1 Å². The summed E-state index contributed by atoms with van der Waals surface area (Å²) in [5.41, 5.74) is 2.89. The van der Waals surface area contributed by atoms with Gasteiger partial charge in [0.25, 0.3) is 0 Å². The highest BCUT2D eigenvalue weighted by Crippen LogP contribution is 2.55. The molecule has 1 aliphatic heterocycles. The molecule has 114 valence electrons. The Morgan fingerprint density at radius 2 is 2.19 bits per heavy atom. The van der Waals surface area contributed by atoms with Crippen LogP contribution in [0.15, 0.2) is 23.3 Å². The molecule has 3 rings (SSSR count). The van der Waals surface area contributed by atoms with Crippen LogP contribution in [0.1, 0.15) is 46.5 Å². The topological polar surface area (TPSA) is 52.6 Å². The van der Waals surface area contributed by atoms with E-state index < -0.39 is 6.10 Å². The van der Waals surface area contributed by atoms with Crippen molar-refractivity contribution in [3.63, 3.8) is 0 Å². The van der Waals surface area contributed by atoms with Crippen molar-refractivity contribution in [2.24, 2.45) is 11.3 Å². The maximum absolute atomic E-state index is 11.9. The van der Waals surface area contributed by atoms with Gasteiger partial charge in [0.15, 0.2) is 0 Å². The van der Waals surface area contributed by atoms with Crippen LogP contribution in [-0.4, -0.2) is 24.1 Å². The molecule has 2 aliphatic carbocycles. The first-order valence-corrected chi connectivity index (χ1v) is 7.60. The highest BCUT2D eigenvalue weighted by molar-refractivity contribution is 5.91. The summed E-state index contributed by atoms with van der Waals surface area (Å²) in [7, 11) is 0. The van der Waals surface area contributed by atoms with E-state index in [-0.39, 0.29) is 29.4 Å². The van der Waals surface area contributed by atoms with Crippen LogP contribution in [0, 0.1) is 11.3 Å². The molecule has 0 aromatic carbocycles. The van der Waals surface area contributed by atoms with Gasteiger partial charge < -0.3 is 9.47 Å². The van der Waals surface area contributed by atoms with Gasteiger partial charge in [-0.3, -0.25) is 4.79 Å². The Morgan fingerprint density at radius 3 is 2.86 bits per heavy atom. The fourth-order valence-corrected chi connectivity index (χ4v) is 4.45. The molecule has 21 heavy (non-hydrogen) atoms. The number of carbonyl (C=O) groups excluding carboxylic acids is 2. The van der Waals surface area contributed by atoms with Crippen molar-refractivity contribution in [1.82, 2.24) is 0 Å². The van der Waals surface area contributed by atoms with Crippen molar-refractivity contribution in [2.75, 3.05) is 0 Å². The van der Waals surface area contributed by atoms with E-state index in [1.54, 1.807) is 0 Å². The minimum atomic E-state index is -0.398. The molecule has 0 aromatic rings. The van der Waals surface area contributed by atoms with Gasteiger partial charge in [-0.25, -0.2) is 4.79 Å². The molecule has 4 atom stereocenters. The van der Waals surface area contributed by atoms with Gasteiger partial charge in [-0.05, 0) is 43.6 Å². The second-order valence-corrected chi connectivity index (χ2v) is 6.84. The molecule has 1 saturated carbocycles. The van der Waals surface area contributed by atoms with Gasteiger partial charge in [0.05, 0.1) is 5.92 Å². The monoisotopic (exact) mass is 290 g/mol. The molecular formula is C17H22O4. The van der Waals surface area contributed by atoms with Crippen molar-refractivity contribution in [2.45, 2.75) is 58.7 Å². The summed E-state index contributed by atoms with van der Waals surface area (Å²) in [5, 5.41) is 0. The van der Waals surface area contributed by atoms with Crippen LogP contribution in [-0.2, 0) is 19.1 Å². The van der Waals surface area contributed by atoms with Crippen molar-refractivity contribution in [1.29, 1.82) is 0 Å². The molecule has 0 radical (unpaired) electrons. The van der Waals surface area contributed by atoms with Crippen molar-refractivity contribution >= 4 is 11.9 Å². The number of rotatable bonds is 1. The van der Waals surface area contributed by atoms with Crippen molar-refractivity contribution in [3.8, 4) is 0 Å². The predicted molar refractivity (Wildman–Crippen MR) is 77.3 cm³/mol. The quantitative estimate of drug-likeness (QED) is 0.423. The van der Waals surface area contributed by atoms with Crippen LogP contribution < -0.4 is 0 Å². The highest BCUT2D eigenvalue weighted by atomic mass is 16.6. The molecular weight excluding hydrogens is 268 g/mol. The molecule has 4 heteroatoms. The summed E-state index contributed by atoms with van der Waals surface area (Å²) in [4.78, 5) is 23.5. The Hall–Kier alpha value is -1.58. The molecule has 1 heterocycles. The van der Waals surface area contributed by atoms with Gasteiger partial charge in [0.2, 0.25) is 0 Å². The number of fused-ring (bicyclic) bond motifs is 2. The molecule has 0 aromatic heterocycles. The highest BCUT2D eigenvalue weighted by Gasteiger charge is 2.56. The normalized spacial score (nSPS) is 38.7. The van der Waals surface area contributed by atoms with E-state index >= 15 is 0 Å². The number of ether oxygens (including phenoxy) is 2. The second-order valence-electron chi connectivity index (χ2n) is 6.84. The fourth-order valence-electron chi connectivity index (χ4n) is 4.45. The largest absolute Gasteiger partial charge is 0.458 e. The third-order valence-electron chi connectivity index (χ3n) is 5.27. The van der Waals surface area contributed by atoms with Gasteiger partial charge in [0, 0.05) is 12.5 Å². The Bertz CT molecular complexity index is 559. The summed E-state index contributed by atoms with van der Waals surface area (Å²) >= 11 is 0. The maximum Gasteiger partial charge on any atom is 0.334 e. The Morgan fingerprint density at radius 1 is 1.48 bits per heavy atom. The standard InChI is InChI=1S/C17H22O4/c1-9-6-5-7-17(4)8-12-13(10(2)16(19)21-12)15(14(9)17)20-11(3)18/h12-13,15H,2,5-8H2,1,3-4H3/t12-,13+,15-,17+/m1/s1. The van der Waals surface area contributed by atoms with E-state index in [2.05, 4.69) is 20.4 Å². The van der Waals surface area contributed by atoms with Crippen LogP contribution in [0.4, 0.5) is 0 Å². The smallest absolute Gasteiger partial charge is 0.334 e. The average molecular weight is 290 g/mol. The van der Waals surface area contributed by atoms with Crippen molar-refractivity contribution < 1.29 is 19.1 Å². The Balaban J connectivity index is 2.09. The van der Waals surface area contributed by atoms with Crippen LogP contribution in [0.5, 0.6) is 0 Å². The van der Waals surface area contributed by atoms with Crippen LogP contribution in [0.25, 0.3) is 0 Å². The molecule has 0 bridgehead atoms. The first-order valence-electron chi connectivity index (χ1n) is 7.60. The number of hydrogen-bond acceptors (Lipinski definition) is 4. The van der Waals surface area contributed by atoms with Gasteiger partial charge in [-0.2, -0.15) is 0 Å². The number of allylic oxidation sites excluding steroid dienone is 1. The Kier molecular flexibility index (Phi) is 3.23. The molecule has 4 nitrogen and oxygen atoms in total. The summed E-state index contributed by atoms with van der Waals surface area (Å²) in [5.74, 6) is -0.888. The first-order chi connectivity index (χ1) is 9.83. The molecule has 0 amide bonds. The van der Waals surface area contributed by atoms with Crippen LogP contribution >= 0.6 is 0 Å². The van der Waals surface area contributed by atoms with E-state index in [9.17, 15) is 9.59 Å². The summed E-state index contributed by atoms with van der Waals surface area (Å²) in [6.07, 6.45) is 3.39. The van der Waals surface area contributed by atoms with Crippen molar-refractivity contribution in [3.05, 3.63) is 23.3 Å². The van der Waals surface area contributed by atoms with Gasteiger partial charge >= 0.3 is 11.9 Å². The SMILES string of the molecule is C=C1C(=O)O[C@@H]2C[C@]3(C)CCCC(C)=C3[C@H](OC(C)=O)[C@@H]12. The predicted octanol–water partition coefficient (Wildman–Crippen LogP) is 2.93. The van der Waals surface area contributed by atoms with Crippen LogP contribution in [0.2, 0.25) is 0 Å². The molecule has 3 aliphatic rings. The lowest BCUT2D eigenvalue weighted by Crippen LogP contribution is -2.48. The zero-order chi connectivity index (χ0) is 15.4. The lowest BCUT2D eigenvalue weighted by Gasteiger charge is -2.48. The molecule has 2 fully saturated rings. The van der Waals surface area contributed by atoms with Crippen LogP contribution in [0.3, 0.4) is 0 Å². The minimum Gasteiger partial charge on any atom is -0.458 e. The number of esters is 2. The molecule has 0 N–H and O–H groups in total. The lowest BCUT2D eigenvalue weighted by molar-refractivity contribution is -0.152. The zero-order valence-electron chi connectivity index (χ0n) is 12.9. The minimum absolute atomic E-state index is 0.0471. The lowest BCUT2D eigenvalue weighted by atomic mass is 9.59. The molecule has 0 spiro atoms. The third-order valence-corrected chi connectivity index (χ3v) is 5.27. The first kappa shape index (κ1) is 14.4. The summed E-state index contributed by atoms with van der Waals surface area (Å²) in [6.45, 7) is 9.61.